The first-order valence-corrected chi connectivity index (χ1v) is 17.0. The van der Waals surface area contributed by atoms with Crippen LogP contribution in [0.5, 0.6) is 11.5 Å². The van der Waals surface area contributed by atoms with E-state index in [0.29, 0.717) is 0 Å². The molecule has 10 rings (SSSR count). The highest BCUT2D eigenvalue weighted by molar-refractivity contribution is 6.99. The van der Waals surface area contributed by atoms with Crippen LogP contribution in [0.15, 0.2) is 164 Å². The van der Waals surface area contributed by atoms with Gasteiger partial charge >= 0.3 is 0 Å². The third-order valence-electron chi connectivity index (χ3n) is 10.5. The van der Waals surface area contributed by atoms with Gasteiger partial charge in [0, 0.05) is 23.0 Å². The molecule has 7 aromatic rings. The Morgan fingerprint density at radius 1 is 0.521 bits per heavy atom. The zero-order valence-electron chi connectivity index (χ0n) is 26.5. The number of para-hydroxylation sites is 1. The second kappa shape index (κ2) is 10.9. The predicted octanol–water partition coefficient (Wildman–Crippen LogP) is 9.04. The summed E-state index contributed by atoms with van der Waals surface area (Å²) in [6.45, 7) is 0.0744. The van der Waals surface area contributed by atoms with Gasteiger partial charge in [-0.2, -0.15) is 0 Å². The fourth-order valence-electron chi connectivity index (χ4n) is 8.21. The number of aryl methyl sites for hydroxylation is 1. The number of ether oxygens (including phenoxy) is 1. The third-order valence-corrected chi connectivity index (χ3v) is 10.5. The van der Waals surface area contributed by atoms with Crippen molar-refractivity contribution in [3.05, 3.63) is 192 Å². The van der Waals surface area contributed by atoms with Gasteiger partial charge in [-0.1, -0.05) is 133 Å². The molecule has 0 atom stereocenters. The van der Waals surface area contributed by atoms with Crippen molar-refractivity contribution in [2.75, 3.05) is 4.90 Å². The highest BCUT2D eigenvalue weighted by Crippen LogP contribution is 2.47. The second-order valence-corrected chi connectivity index (χ2v) is 13.2. The van der Waals surface area contributed by atoms with Gasteiger partial charge in [-0.3, -0.25) is 0 Å². The molecule has 2 heterocycles. The number of hydrogen-bond acceptors (Lipinski definition) is 2. The Labute approximate surface area is 282 Å². The molecule has 0 saturated carbocycles. The Hall–Kier alpha value is -5.80. The summed E-state index contributed by atoms with van der Waals surface area (Å²) in [4.78, 5) is 2.49. The number of hydrogen-bond donors (Lipinski definition) is 0. The van der Waals surface area contributed by atoms with E-state index in [2.05, 4.69) is 169 Å². The SMILES string of the molecule is c1ccc(-c2ccc3c(c2)Oc2c4c(cc5c2B3c2ccc(C(c3ccccc3)c3ccccc3)cc2N5c2ccccc2)CC4)cc1. The lowest BCUT2D eigenvalue weighted by Gasteiger charge is -2.43. The first-order chi connectivity index (χ1) is 23.8. The Balaban J connectivity index is 1.23. The topological polar surface area (TPSA) is 12.5 Å². The quantitative estimate of drug-likeness (QED) is 0.142. The first-order valence-electron chi connectivity index (χ1n) is 17.0. The molecule has 0 fully saturated rings. The van der Waals surface area contributed by atoms with Gasteiger partial charge in [0.15, 0.2) is 0 Å². The van der Waals surface area contributed by atoms with Crippen molar-refractivity contribution in [1.29, 1.82) is 0 Å². The van der Waals surface area contributed by atoms with Gasteiger partial charge in [0.25, 0.3) is 6.71 Å². The molecule has 3 heteroatoms. The molecule has 2 aliphatic heterocycles. The van der Waals surface area contributed by atoms with Crippen molar-refractivity contribution in [2.45, 2.75) is 18.8 Å². The van der Waals surface area contributed by atoms with Crippen LogP contribution >= 0.6 is 0 Å². The molecule has 0 N–H and O–H groups in total. The first kappa shape index (κ1) is 27.3. The fraction of sp³-hybridized carbons (Fsp3) is 0.0667. The molecule has 226 valence electrons. The highest BCUT2D eigenvalue weighted by Gasteiger charge is 2.44. The van der Waals surface area contributed by atoms with Crippen LogP contribution < -0.4 is 26.0 Å². The minimum atomic E-state index is 0.0744. The monoisotopic (exact) mass is 613 g/mol. The predicted molar refractivity (Wildman–Crippen MR) is 199 cm³/mol. The van der Waals surface area contributed by atoms with Crippen molar-refractivity contribution < 1.29 is 4.74 Å². The summed E-state index contributed by atoms with van der Waals surface area (Å²) < 4.78 is 7.00. The minimum absolute atomic E-state index is 0.0744. The summed E-state index contributed by atoms with van der Waals surface area (Å²) >= 11 is 0. The molecule has 0 aromatic heterocycles. The van der Waals surface area contributed by atoms with Crippen LogP contribution in [0.4, 0.5) is 17.1 Å². The lowest BCUT2D eigenvalue weighted by molar-refractivity contribution is 0.475. The van der Waals surface area contributed by atoms with E-state index in [4.69, 9.17) is 4.74 Å². The van der Waals surface area contributed by atoms with Gasteiger partial charge in [0.05, 0.1) is 0 Å². The Bertz CT molecular complexity index is 2280. The van der Waals surface area contributed by atoms with Crippen molar-refractivity contribution >= 4 is 40.2 Å². The largest absolute Gasteiger partial charge is 0.458 e. The van der Waals surface area contributed by atoms with E-state index >= 15 is 0 Å². The smallest absolute Gasteiger partial charge is 0.256 e. The fourth-order valence-corrected chi connectivity index (χ4v) is 8.21. The maximum Gasteiger partial charge on any atom is 0.256 e. The maximum atomic E-state index is 7.00. The molecule has 2 nitrogen and oxygen atoms in total. The Morgan fingerprint density at radius 3 is 1.83 bits per heavy atom. The molecule has 7 aromatic carbocycles. The lowest BCUT2D eigenvalue weighted by atomic mass is 9.33. The van der Waals surface area contributed by atoms with E-state index in [0.717, 1.165) is 30.0 Å². The summed E-state index contributed by atoms with van der Waals surface area (Å²) in [7, 11) is 0. The van der Waals surface area contributed by atoms with Gasteiger partial charge in [0.1, 0.15) is 11.5 Å². The summed E-state index contributed by atoms with van der Waals surface area (Å²) in [6.07, 6.45) is 2.14. The zero-order valence-corrected chi connectivity index (χ0v) is 26.5. The third kappa shape index (κ3) is 4.21. The van der Waals surface area contributed by atoms with Gasteiger partial charge < -0.3 is 9.64 Å². The van der Waals surface area contributed by atoms with Crippen molar-refractivity contribution in [2.24, 2.45) is 0 Å². The van der Waals surface area contributed by atoms with E-state index in [1.54, 1.807) is 0 Å². The van der Waals surface area contributed by atoms with E-state index in [1.165, 1.54) is 66.7 Å². The van der Waals surface area contributed by atoms with E-state index in [1.807, 2.05) is 0 Å². The maximum absolute atomic E-state index is 7.00. The molecule has 0 bridgehead atoms. The summed E-state index contributed by atoms with van der Waals surface area (Å²) in [5.74, 6) is 2.15. The van der Waals surface area contributed by atoms with Crippen LogP contribution in [0.1, 0.15) is 33.7 Å². The lowest BCUT2D eigenvalue weighted by Crippen LogP contribution is -2.60. The van der Waals surface area contributed by atoms with E-state index in [9.17, 15) is 0 Å². The second-order valence-electron chi connectivity index (χ2n) is 13.2. The molecule has 0 radical (unpaired) electrons. The zero-order chi connectivity index (χ0) is 31.6. The standard InChI is InChI=1S/C45H32BNO/c1-5-13-30(14-6-1)33-22-26-39-42(29-33)48-45-37-24-21-34(37)27-41-44(45)46(39)38-25-23-35(28-40(38)47(41)36-19-11-4-12-20-36)43(31-15-7-2-8-16-31)32-17-9-3-10-18-32/h1-20,22-23,25-29,43H,21,24H2. The molecule has 0 unspecified atom stereocenters. The average molecular weight is 614 g/mol. The van der Waals surface area contributed by atoms with E-state index < -0.39 is 0 Å². The molecule has 0 amide bonds. The van der Waals surface area contributed by atoms with Crippen molar-refractivity contribution in [3.8, 4) is 22.6 Å². The van der Waals surface area contributed by atoms with Crippen LogP contribution in [0.25, 0.3) is 11.1 Å². The van der Waals surface area contributed by atoms with Gasteiger partial charge in [0.2, 0.25) is 0 Å². The van der Waals surface area contributed by atoms with Crippen LogP contribution in [-0.4, -0.2) is 6.71 Å². The van der Waals surface area contributed by atoms with Crippen LogP contribution in [0.3, 0.4) is 0 Å². The van der Waals surface area contributed by atoms with Crippen LogP contribution in [0, 0.1) is 0 Å². The number of fused-ring (bicyclic) bond motifs is 6. The van der Waals surface area contributed by atoms with Crippen LogP contribution in [-0.2, 0) is 12.8 Å². The molecule has 48 heavy (non-hydrogen) atoms. The summed E-state index contributed by atoms with van der Waals surface area (Å²) in [5.41, 5.74) is 16.5. The Kier molecular flexibility index (Phi) is 6.20. The molecule has 0 saturated heterocycles. The van der Waals surface area contributed by atoms with Crippen molar-refractivity contribution in [3.63, 3.8) is 0 Å². The molecular weight excluding hydrogens is 581 g/mol. The van der Waals surface area contributed by atoms with E-state index in [-0.39, 0.29) is 12.6 Å². The molecule has 0 spiro atoms. The minimum Gasteiger partial charge on any atom is -0.458 e. The van der Waals surface area contributed by atoms with Gasteiger partial charge in [-0.25, -0.2) is 0 Å². The van der Waals surface area contributed by atoms with Gasteiger partial charge in [-0.15, -0.1) is 0 Å². The van der Waals surface area contributed by atoms with Crippen molar-refractivity contribution in [1.82, 2.24) is 0 Å². The number of nitrogens with zero attached hydrogens (tertiary/aromatic N) is 1. The Morgan fingerprint density at radius 2 is 1.17 bits per heavy atom. The molecule has 1 aliphatic carbocycles. The molecule has 3 aliphatic rings. The average Bonchev–Trinajstić information content (AvgIpc) is 3.14. The number of rotatable bonds is 5. The van der Waals surface area contributed by atoms with Crippen LogP contribution in [0.2, 0.25) is 0 Å². The summed E-state index contributed by atoms with van der Waals surface area (Å²) in [6, 6.07) is 59.8. The van der Waals surface area contributed by atoms with Gasteiger partial charge in [-0.05, 0) is 98.5 Å². The number of benzene rings is 7. The summed E-state index contributed by atoms with van der Waals surface area (Å²) in [5, 5.41) is 0. The molecular formula is C45H32BNO. The normalized spacial score (nSPS) is 13.5. The highest BCUT2D eigenvalue weighted by atomic mass is 16.5. The number of anilines is 3.